The summed E-state index contributed by atoms with van der Waals surface area (Å²) >= 11 is 0. The fourth-order valence-electron chi connectivity index (χ4n) is 4.41. The van der Waals surface area contributed by atoms with Crippen molar-refractivity contribution in [1.29, 1.82) is 0 Å². The maximum Gasteiger partial charge on any atom is 0.236 e. The number of ether oxygens (including phenoxy) is 1. The van der Waals surface area contributed by atoms with Gasteiger partial charge in [-0.25, -0.2) is 9.97 Å². The fourth-order valence-corrected chi connectivity index (χ4v) is 4.41. The minimum absolute atomic E-state index is 0. The van der Waals surface area contributed by atoms with Crippen LogP contribution in [0.5, 0.6) is 0 Å². The Morgan fingerprint density at radius 1 is 1.15 bits per heavy atom. The predicted molar refractivity (Wildman–Crippen MR) is 106 cm³/mol. The van der Waals surface area contributed by atoms with Gasteiger partial charge in [-0.1, -0.05) is 0 Å². The van der Waals surface area contributed by atoms with Crippen LogP contribution in [0.2, 0.25) is 0 Å². The maximum atomic E-state index is 12.8. The molecule has 8 heteroatoms. The summed E-state index contributed by atoms with van der Waals surface area (Å²) in [6.45, 7) is 7.82. The summed E-state index contributed by atoms with van der Waals surface area (Å²) in [5, 5.41) is 3.50. The molecule has 7 nitrogen and oxygen atoms in total. The first kappa shape index (κ1) is 20.3. The van der Waals surface area contributed by atoms with E-state index in [9.17, 15) is 4.79 Å². The Hall–Kier alpha value is -1.44. The molecule has 1 aromatic rings. The third kappa shape index (κ3) is 5.09. The van der Waals surface area contributed by atoms with Crippen LogP contribution in [0.25, 0.3) is 0 Å². The average molecular weight is 396 g/mol. The third-order valence-electron chi connectivity index (χ3n) is 5.68. The highest BCUT2D eigenvalue weighted by Gasteiger charge is 2.43. The second-order valence-corrected chi connectivity index (χ2v) is 8.07. The molecule has 1 amide bonds. The zero-order valence-corrected chi connectivity index (χ0v) is 16.9. The SMILES string of the molecule is C[C@@H]1CN(C(=O)CN2C[C@H](Nc3ncccn3)[C@@H](C3CC3)C2)C[C@H](C)O1.Cl. The van der Waals surface area contributed by atoms with Crippen LogP contribution in [-0.2, 0) is 9.53 Å². The zero-order chi connectivity index (χ0) is 18.1. The number of likely N-dealkylation sites (tertiary alicyclic amines) is 1. The van der Waals surface area contributed by atoms with Gasteiger partial charge in [0.05, 0.1) is 18.8 Å². The van der Waals surface area contributed by atoms with Crippen molar-refractivity contribution in [3.63, 3.8) is 0 Å². The molecule has 1 aromatic heterocycles. The lowest BCUT2D eigenvalue weighted by Crippen LogP contribution is -2.51. The van der Waals surface area contributed by atoms with Crippen LogP contribution in [0.4, 0.5) is 5.95 Å². The Kier molecular flexibility index (Phi) is 6.55. The van der Waals surface area contributed by atoms with Gasteiger partial charge in [0, 0.05) is 44.6 Å². The van der Waals surface area contributed by atoms with Gasteiger partial charge in [0.2, 0.25) is 11.9 Å². The van der Waals surface area contributed by atoms with Gasteiger partial charge in [-0.2, -0.15) is 0 Å². The van der Waals surface area contributed by atoms with Crippen molar-refractivity contribution in [3.8, 4) is 0 Å². The van der Waals surface area contributed by atoms with E-state index < -0.39 is 0 Å². The molecule has 2 aliphatic heterocycles. The molecule has 3 aliphatic rings. The molecule has 1 aliphatic carbocycles. The Labute approximate surface area is 167 Å². The molecular weight excluding hydrogens is 366 g/mol. The lowest BCUT2D eigenvalue weighted by atomic mass is 9.98. The molecular formula is C19H30ClN5O2. The van der Waals surface area contributed by atoms with E-state index >= 15 is 0 Å². The van der Waals surface area contributed by atoms with Crippen LogP contribution in [0, 0.1) is 11.8 Å². The van der Waals surface area contributed by atoms with Crippen molar-refractivity contribution in [2.24, 2.45) is 11.8 Å². The van der Waals surface area contributed by atoms with Crippen LogP contribution in [0.15, 0.2) is 18.5 Å². The number of halogens is 1. The second-order valence-electron chi connectivity index (χ2n) is 8.07. The van der Waals surface area contributed by atoms with Crippen LogP contribution in [0.1, 0.15) is 26.7 Å². The van der Waals surface area contributed by atoms with Gasteiger partial charge in [-0.15, -0.1) is 12.4 Å². The molecule has 3 heterocycles. The Bertz CT molecular complexity index is 620. The molecule has 150 valence electrons. The Balaban J connectivity index is 0.00000210. The van der Waals surface area contributed by atoms with E-state index in [2.05, 4.69) is 20.2 Å². The van der Waals surface area contributed by atoms with Gasteiger partial charge in [0.15, 0.2) is 0 Å². The molecule has 0 aromatic carbocycles. The zero-order valence-electron chi connectivity index (χ0n) is 16.1. The van der Waals surface area contributed by atoms with Gasteiger partial charge in [0.1, 0.15) is 0 Å². The second kappa shape index (κ2) is 8.71. The molecule has 0 spiro atoms. The van der Waals surface area contributed by atoms with E-state index in [0.29, 0.717) is 37.5 Å². The van der Waals surface area contributed by atoms with E-state index in [0.717, 1.165) is 19.0 Å². The molecule has 0 unspecified atom stereocenters. The number of nitrogens with zero attached hydrogens (tertiary/aromatic N) is 4. The molecule has 0 bridgehead atoms. The third-order valence-corrected chi connectivity index (χ3v) is 5.68. The van der Waals surface area contributed by atoms with Gasteiger partial charge in [0.25, 0.3) is 0 Å². The molecule has 3 fully saturated rings. The van der Waals surface area contributed by atoms with Gasteiger partial charge in [-0.3, -0.25) is 9.69 Å². The number of morpholine rings is 1. The number of hydrogen-bond donors (Lipinski definition) is 1. The smallest absolute Gasteiger partial charge is 0.236 e. The maximum absolute atomic E-state index is 12.8. The Morgan fingerprint density at radius 2 is 1.81 bits per heavy atom. The minimum atomic E-state index is 0. The number of hydrogen-bond acceptors (Lipinski definition) is 6. The average Bonchev–Trinajstić information content (AvgIpc) is 3.38. The summed E-state index contributed by atoms with van der Waals surface area (Å²) in [7, 11) is 0. The standard InChI is InChI=1S/C19H29N5O2.ClH/c1-13-8-24(9-14(2)26-13)18(25)12-23-10-16(15-4-5-15)17(11-23)22-19-20-6-3-7-21-19;/h3,6-7,13-17H,4-5,8-12H2,1-2H3,(H,20,21,22);1H/t13-,14+,16-,17+;/m1./s1. The highest BCUT2D eigenvalue weighted by molar-refractivity contribution is 5.85. The normalized spacial score (nSPS) is 31.4. The van der Waals surface area contributed by atoms with Crippen molar-refractivity contribution in [1.82, 2.24) is 19.8 Å². The number of carbonyl (C=O) groups excluding carboxylic acids is 1. The number of amides is 1. The summed E-state index contributed by atoms with van der Waals surface area (Å²) in [5.74, 6) is 2.26. The molecule has 0 radical (unpaired) electrons. The van der Waals surface area contributed by atoms with E-state index in [1.54, 1.807) is 12.4 Å². The number of anilines is 1. The topological polar surface area (TPSA) is 70.6 Å². The number of nitrogens with one attached hydrogen (secondary N) is 1. The van der Waals surface area contributed by atoms with E-state index in [-0.39, 0.29) is 30.5 Å². The van der Waals surface area contributed by atoms with Crippen molar-refractivity contribution >= 4 is 24.3 Å². The molecule has 4 rings (SSSR count). The largest absolute Gasteiger partial charge is 0.372 e. The lowest BCUT2D eigenvalue weighted by molar-refractivity contribution is -0.144. The fraction of sp³-hybridized carbons (Fsp3) is 0.737. The lowest BCUT2D eigenvalue weighted by Gasteiger charge is -2.36. The first-order valence-corrected chi connectivity index (χ1v) is 9.77. The number of carbonyl (C=O) groups is 1. The Morgan fingerprint density at radius 3 is 2.44 bits per heavy atom. The van der Waals surface area contributed by atoms with Crippen LogP contribution < -0.4 is 5.32 Å². The molecule has 1 saturated carbocycles. The summed E-state index contributed by atoms with van der Waals surface area (Å²) in [6, 6.07) is 2.15. The number of aromatic nitrogens is 2. The van der Waals surface area contributed by atoms with Crippen molar-refractivity contribution in [2.45, 2.75) is 44.9 Å². The molecule has 4 atom stereocenters. The highest BCUT2D eigenvalue weighted by Crippen LogP contribution is 2.42. The van der Waals surface area contributed by atoms with Gasteiger partial charge in [-0.05, 0) is 44.6 Å². The molecule has 27 heavy (non-hydrogen) atoms. The van der Waals surface area contributed by atoms with Crippen molar-refractivity contribution < 1.29 is 9.53 Å². The van der Waals surface area contributed by atoms with Crippen molar-refractivity contribution in [3.05, 3.63) is 18.5 Å². The van der Waals surface area contributed by atoms with Crippen LogP contribution in [0.3, 0.4) is 0 Å². The first-order chi connectivity index (χ1) is 12.6. The monoisotopic (exact) mass is 395 g/mol. The van der Waals surface area contributed by atoms with Crippen molar-refractivity contribution in [2.75, 3.05) is 38.0 Å². The minimum Gasteiger partial charge on any atom is -0.372 e. The quantitative estimate of drug-likeness (QED) is 0.817. The van der Waals surface area contributed by atoms with E-state index in [1.165, 1.54) is 12.8 Å². The molecule has 1 N–H and O–H groups in total. The summed E-state index contributed by atoms with van der Waals surface area (Å²) in [4.78, 5) is 25.7. The van der Waals surface area contributed by atoms with Crippen LogP contribution in [-0.4, -0.2) is 76.6 Å². The molecule has 2 saturated heterocycles. The number of rotatable bonds is 5. The van der Waals surface area contributed by atoms with Crippen LogP contribution >= 0.6 is 12.4 Å². The summed E-state index contributed by atoms with van der Waals surface area (Å²) < 4.78 is 5.75. The highest BCUT2D eigenvalue weighted by atomic mass is 35.5. The summed E-state index contributed by atoms with van der Waals surface area (Å²) in [6.07, 6.45) is 6.37. The van der Waals surface area contributed by atoms with Gasteiger partial charge < -0.3 is 15.0 Å². The summed E-state index contributed by atoms with van der Waals surface area (Å²) in [5.41, 5.74) is 0. The van der Waals surface area contributed by atoms with E-state index in [1.807, 2.05) is 24.8 Å². The first-order valence-electron chi connectivity index (χ1n) is 9.77. The predicted octanol–water partition coefficient (Wildman–Crippen LogP) is 1.66. The van der Waals surface area contributed by atoms with E-state index in [4.69, 9.17) is 4.74 Å². The van der Waals surface area contributed by atoms with Gasteiger partial charge >= 0.3 is 0 Å².